The Morgan fingerprint density at radius 1 is 1.72 bits per heavy atom. The lowest BCUT2D eigenvalue weighted by molar-refractivity contribution is -0.132. The first-order chi connectivity index (χ1) is 8.62. The summed E-state index contributed by atoms with van der Waals surface area (Å²) in [6.07, 6.45) is 3.28. The van der Waals surface area contributed by atoms with Crippen LogP contribution >= 0.6 is 0 Å². The third-order valence-electron chi connectivity index (χ3n) is 1.95. The SMILES string of the molecule is COc1cc(N=C/C(=C\N)C(=O)O)ncc1C#N. The molecule has 3 N–H and O–H groups in total. The molecule has 18 heavy (non-hydrogen) atoms. The molecule has 1 aromatic heterocycles. The Kier molecular flexibility index (Phi) is 4.40. The number of rotatable bonds is 4. The molecular formula is C11H10N4O3. The van der Waals surface area contributed by atoms with E-state index >= 15 is 0 Å². The zero-order chi connectivity index (χ0) is 13.5. The molecule has 0 fully saturated rings. The van der Waals surface area contributed by atoms with E-state index in [1.54, 1.807) is 0 Å². The van der Waals surface area contributed by atoms with Crippen molar-refractivity contribution in [2.24, 2.45) is 10.7 Å². The number of aliphatic carboxylic acids is 1. The number of carboxylic acid groups (broad SMARTS) is 1. The van der Waals surface area contributed by atoms with Crippen molar-refractivity contribution in [2.45, 2.75) is 0 Å². The van der Waals surface area contributed by atoms with Crippen LogP contribution in [0.4, 0.5) is 5.82 Å². The van der Waals surface area contributed by atoms with Crippen molar-refractivity contribution < 1.29 is 14.6 Å². The fourth-order valence-electron chi connectivity index (χ4n) is 1.06. The van der Waals surface area contributed by atoms with Gasteiger partial charge >= 0.3 is 5.97 Å². The molecule has 0 aromatic carbocycles. The van der Waals surface area contributed by atoms with Crippen LogP contribution in [0.5, 0.6) is 5.75 Å². The molecule has 0 spiro atoms. The molecule has 7 heteroatoms. The van der Waals surface area contributed by atoms with E-state index in [4.69, 9.17) is 20.8 Å². The summed E-state index contributed by atoms with van der Waals surface area (Å²) in [4.78, 5) is 18.3. The van der Waals surface area contributed by atoms with Crippen LogP contribution in [0.1, 0.15) is 5.56 Å². The van der Waals surface area contributed by atoms with Crippen LogP contribution in [-0.4, -0.2) is 29.4 Å². The zero-order valence-corrected chi connectivity index (χ0v) is 9.49. The molecule has 92 valence electrons. The normalized spacial score (nSPS) is 11.2. The average molecular weight is 246 g/mol. The topological polar surface area (TPSA) is 122 Å². The van der Waals surface area contributed by atoms with E-state index in [0.29, 0.717) is 5.75 Å². The maximum atomic E-state index is 10.6. The van der Waals surface area contributed by atoms with Gasteiger partial charge in [0.25, 0.3) is 0 Å². The van der Waals surface area contributed by atoms with Crippen molar-refractivity contribution in [3.63, 3.8) is 0 Å². The lowest BCUT2D eigenvalue weighted by Gasteiger charge is -2.02. The van der Waals surface area contributed by atoms with Gasteiger partial charge in [0.2, 0.25) is 0 Å². The summed E-state index contributed by atoms with van der Waals surface area (Å²) < 4.78 is 4.97. The fraction of sp³-hybridized carbons (Fsp3) is 0.0909. The van der Waals surface area contributed by atoms with Gasteiger partial charge in [-0.2, -0.15) is 5.26 Å². The van der Waals surface area contributed by atoms with Crippen LogP contribution in [0.15, 0.2) is 29.0 Å². The van der Waals surface area contributed by atoms with Crippen LogP contribution in [-0.2, 0) is 4.79 Å². The minimum atomic E-state index is -1.19. The van der Waals surface area contributed by atoms with Gasteiger partial charge in [-0.25, -0.2) is 14.8 Å². The number of carbonyl (C=O) groups is 1. The first-order valence-electron chi connectivity index (χ1n) is 4.75. The summed E-state index contributed by atoms with van der Waals surface area (Å²) in [5.74, 6) is -0.665. The molecule has 1 rings (SSSR count). The smallest absolute Gasteiger partial charge is 0.338 e. The molecule has 1 aromatic rings. The summed E-state index contributed by atoms with van der Waals surface area (Å²) in [6, 6.07) is 3.32. The van der Waals surface area contributed by atoms with E-state index in [2.05, 4.69) is 9.98 Å². The third kappa shape index (κ3) is 3.05. The quantitative estimate of drug-likeness (QED) is 0.592. The summed E-state index contributed by atoms with van der Waals surface area (Å²) in [6.45, 7) is 0. The number of nitrogens with two attached hydrogens (primary N) is 1. The highest BCUT2D eigenvalue weighted by Gasteiger charge is 2.05. The van der Waals surface area contributed by atoms with Gasteiger partial charge in [0.1, 0.15) is 17.4 Å². The largest absolute Gasteiger partial charge is 0.495 e. The molecule has 0 amide bonds. The van der Waals surface area contributed by atoms with Crippen LogP contribution in [0.25, 0.3) is 0 Å². The molecule has 0 unspecified atom stereocenters. The van der Waals surface area contributed by atoms with E-state index in [-0.39, 0.29) is 17.0 Å². The van der Waals surface area contributed by atoms with E-state index < -0.39 is 5.97 Å². The summed E-state index contributed by atoms with van der Waals surface area (Å²) >= 11 is 0. The maximum Gasteiger partial charge on any atom is 0.338 e. The van der Waals surface area contributed by atoms with Gasteiger partial charge in [0, 0.05) is 18.5 Å². The van der Waals surface area contributed by atoms with E-state index in [0.717, 1.165) is 12.4 Å². The Morgan fingerprint density at radius 3 is 2.94 bits per heavy atom. The van der Waals surface area contributed by atoms with Crippen molar-refractivity contribution in [1.29, 1.82) is 5.26 Å². The van der Waals surface area contributed by atoms with Gasteiger partial charge in [-0.1, -0.05) is 0 Å². The molecule has 0 radical (unpaired) electrons. The molecule has 0 atom stereocenters. The molecule has 7 nitrogen and oxygen atoms in total. The third-order valence-corrected chi connectivity index (χ3v) is 1.95. The molecule has 1 heterocycles. The van der Waals surface area contributed by atoms with Gasteiger partial charge in [-0.05, 0) is 0 Å². The maximum absolute atomic E-state index is 10.6. The zero-order valence-electron chi connectivity index (χ0n) is 9.49. The summed E-state index contributed by atoms with van der Waals surface area (Å²) in [5, 5.41) is 17.5. The number of aromatic nitrogens is 1. The monoisotopic (exact) mass is 246 g/mol. The highest BCUT2D eigenvalue weighted by atomic mass is 16.5. The second kappa shape index (κ2) is 6.00. The minimum absolute atomic E-state index is 0.167. The number of carboxylic acids is 1. The summed E-state index contributed by atoms with van der Waals surface area (Å²) in [7, 11) is 1.41. The molecule has 0 aliphatic carbocycles. The van der Waals surface area contributed by atoms with Gasteiger partial charge in [0.15, 0.2) is 5.82 Å². The molecular weight excluding hydrogens is 236 g/mol. The lowest BCUT2D eigenvalue weighted by Crippen LogP contribution is -2.04. The minimum Gasteiger partial charge on any atom is -0.495 e. The van der Waals surface area contributed by atoms with Crippen LogP contribution < -0.4 is 10.5 Å². The Morgan fingerprint density at radius 2 is 2.44 bits per heavy atom. The van der Waals surface area contributed by atoms with E-state index in [1.165, 1.54) is 19.4 Å². The first kappa shape index (κ1) is 13.2. The number of aliphatic imine (C=N–C) groups is 1. The van der Waals surface area contributed by atoms with Crippen molar-refractivity contribution >= 4 is 18.0 Å². The van der Waals surface area contributed by atoms with Gasteiger partial charge in [-0.3, -0.25) is 0 Å². The number of ether oxygens (including phenoxy) is 1. The second-order valence-electron chi connectivity index (χ2n) is 3.04. The molecule has 0 aliphatic heterocycles. The predicted octanol–water partition coefficient (Wildman–Crippen LogP) is 0.591. The molecule has 0 saturated carbocycles. The first-order valence-corrected chi connectivity index (χ1v) is 4.75. The highest BCUT2D eigenvalue weighted by molar-refractivity contribution is 6.08. The van der Waals surface area contributed by atoms with Crippen molar-refractivity contribution in [1.82, 2.24) is 4.98 Å². The fourth-order valence-corrected chi connectivity index (χ4v) is 1.06. The molecule has 0 saturated heterocycles. The van der Waals surface area contributed by atoms with E-state index in [1.807, 2.05) is 6.07 Å². The lowest BCUT2D eigenvalue weighted by atomic mass is 10.3. The Bertz CT molecular complexity index is 558. The standard InChI is InChI=1S/C11H10N4O3/c1-18-9-2-10(14-5-7(9)3-12)15-6-8(4-13)11(16)17/h2,4-6H,13H2,1H3,(H,16,17)/b8-4+,15-6?. The number of nitriles is 1. The summed E-state index contributed by atoms with van der Waals surface area (Å²) in [5.41, 5.74) is 5.22. The van der Waals surface area contributed by atoms with Crippen LogP contribution in [0.2, 0.25) is 0 Å². The van der Waals surface area contributed by atoms with Gasteiger partial charge in [0.05, 0.1) is 18.9 Å². The number of methoxy groups -OCH3 is 1. The molecule has 0 bridgehead atoms. The van der Waals surface area contributed by atoms with Crippen molar-refractivity contribution in [3.05, 3.63) is 29.6 Å². The van der Waals surface area contributed by atoms with E-state index in [9.17, 15) is 4.79 Å². The highest BCUT2D eigenvalue weighted by Crippen LogP contribution is 2.21. The number of pyridine rings is 1. The molecule has 0 aliphatic rings. The van der Waals surface area contributed by atoms with Crippen LogP contribution in [0, 0.1) is 11.3 Å². The number of hydrogen-bond acceptors (Lipinski definition) is 6. The van der Waals surface area contributed by atoms with Crippen molar-refractivity contribution in [2.75, 3.05) is 7.11 Å². The predicted molar refractivity (Wildman–Crippen MR) is 63.6 cm³/mol. The Balaban J connectivity index is 3.03. The average Bonchev–Trinajstić information content (AvgIpc) is 2.38. The van der Waals surface area contributed by atoms with Crippen molar-refractivity contribution in [3.8, 4) is 11.8 Å². The second-order valence-corrected chi connectivity index (χ2v) is 3.04. The number of hydrogen-bond donors (Lipinski definition) is 2. The Labute approximate surface area is 103 Å². The van der Waals surface area contributed by atoms with Gasteiger partial charge in [-0.15, -0.1) is 0 Å². The Hall–Kier alpha value is -2.88. The number of nitrogens with zero attached hydrogens (tertiary/aromatic N) is 3. The van der Waals surface area contributed by atoms with Gasteiger partial charge < -0.3 is 15.6 Å². The van der Waals surface area contributed by atoms with Crippen LogP contribution in [0.3, 0.4) is 0 Å².